The van der Waals surface area contributed by atoms with Gasteiger partial charge in [0, 0.05) is 19.6 Å². The molecule has 6 nitrogen and oxygen atoms in total. The van der Waals surface area contributed by atoms with E-state index in [1.807, 2.05) is 7.05 Å². The quantitative estimate of drug-likeness (QED) is 0.852. The van der Waals surface area contributed by atoms with Crippen LogP contribution in [0.25, 0.3) is 0 Å². The van der Waals surface area contributed by atoms with Crippen molar-refractivity contribution in [3.63, 3.8) is 0 Å². The van der Waals surface area contributed by atoms with Crippen LogP contribution in [0.4, 0.5) is 18.9 Å². The first-order valence-electron chi connectivity index (χ1n) is 6.54. The molecule has 2 rings (SSSR count). The van der Waals surface area contributed by atoms with Crippen molar-refractivity contribution < 1.29 is 22.7 Å². The number of anilines is 1. The molecule has 0 radical (unpaired) electrons. The number of carbonyl (C=O) groups is 1. The first-order chi connectivity index (χ1) is 9.77. The second-order valence-corrected chi connectivity index (χ2v) is 5.07. The Bertz CT molecular complexity index is 515. The van der Waals surface area contributed by atoms with E-state index >= 15 is 0 Å². The fourth-order valence-electron chi connectivity index (χ4n) is 2.28. The Morgan fingerprint density at radius 3 is 2.81 bits per heavy atom. The number of rotatable bonds is 4. The summed E-state index contributed by atoms with van der Waals surface area (Å²) in [5.41, 5.74) is 0.274. The molecule has 0 bridgehead atoms. The fourth-order valence-corrected chi connectivity index (χ4v) is 2.28. The minimum absolute atomic E-state index is 0.274. The standard InChI is InChI=1S/C12H17F3N4O2/c1-18-5-3-4-8(18)6-16-9-7-19(2)17-10(9)21-11(20)12(13,14)15/h7-8,16H,3-6H2,1-2H3. The van der Waals surface area contributed by atoms with Crippen LogP contribution in [-0.2, 0) is 11.8 Å². The Morgan fingerprint density at radius 1 is 1.52 bits per heavy atom. The summed E-state index contributed by atoms with van der Waals surface area (Å²) >= 11 is 0. The van der Waals surface area contributed by atoms with E-state index in [4.69, 9.17) is 0 Å². The van der Waals surface area contributed by atoms with Gasteiger partial charge in [0.05, 0.1) is 6.20 Å². The van der Waals surface area contributed by atoms with Crippen molar-refractivity contribution >= 4 is 11.7 Å². The van der Waals surface area contributed by atoms with Crippen molar-refractivity contribution in [2.24, 2.45) is 7.05 Å². The number of aryl methyl sites for hydroxylation is 1. The topological polar surface area (TPSA) is 59.4 Å². The lowest BCUT2D eigenvalue weighted by atomic mass is 10.2. The number of ether oxygens (including phenoxy) is 1. The molecular formula is C12H17F3N4O2. The maximum Gasteiger partial charge on any atom is 0.491 e. The van der Waals surface area contributed by atoms with Crippen molar-refractivity contribution in [3.8, 4) is 5.88 Å². The lowest BCUT2D eigenvalue weighted by molar-refractivity contribution is -0.189. The molecule has 0 aliphatic carbocycles. The summed E-state index contributed by atoms with van der Waals surface area (Å²) in [7, 11) is 3.53. The second-order valence-electron chi connectivity index (χ2n) is 5.07. The van der Waals surface area contributed by atoms with Crippen LogP contribution in [0.3, 0.4) is 0 Å². The molecule has 1 saturated heterocycles. The molecule has 0 saturated carbocycles. The highest BCUT2D eigenvalue weighted by Gasteiger charge is 2.42. The Hall–Kier alpha value is -1.77. The average Bonchev–Trinajstić information content (AvgIpc) is 2.92. The Labute approximate surface area is 119 Å². The summed E-state index contributed by atoms with van der Waals surface area (Å²) in [5.74, 6) is -2.64. The molecular weight excluding hydrogens is 289 g/mol. The van der Waals surface area contributed by atoms with E-state index in [1.165, 1.54) is 17.9 Å². The third-order valence-corrected chi connectivity index (χ3v) is 3.42. The van der Waals surface area contributed by atoms with Crippen molar-refractivity contribution in [2.45, 2.75) is 25.1 Å². The van der Waals surface area contributed by atoms with Gasteiger partial charge >= 0.3 is 12.1 Å². The summed E-state index contributed by atoms with van der Waals surface area (Å²) in [6, 6.07) is 0.302. The van der Waals surface area contributed by atoms with Crippen LogP contribution in [0.5, 0.6) is 5.88 Å². The summed E-state index contributed by atoms with van der Waals surface area (Å²) in [6.07, 6.45) is -1.46. The van der Waals surface area contributed by atoms with Gasteiger partial charge in [0.25, 0.3) is 5.88 Å². The minimum atomic E-state index is -5.04. The van der Waals surface area contributed by atoms with E-state index in [1.54, 1.807) is 0 Å². The van der Waals surface area contributed by atoms with Crippen LogP contribution in [0.2, 0.25) is 0 Å². The Balaban J connectivity index is 2.01. The summed E-state index contributed by atoms with van der Waals surface area (Å²) < 4.78 is 42.3. The van der Waals surface area contributed by atoms with Crippen molar-refractivity contribution in [1.82, 2.24) is 14.7 Å². The van der Waals surface area contributed by atoms with E-state index in [0.717, 1.165) is 19.4 Å². The first-order valence-corrected chi connectivity index (χ1v) is 6.54. The fraction of sp³-hybridized carbons (Fsp3) is 0.667. The molecule has 0 aromatic carbocycles. The number of halogens is 3. The normalized spacial score (nSPS) is 19.8. The number of esters is 1. The molecule has 1 N–H and O–H groups in total. The molecule has 2 heterocycles. The van der Waals surface area contributed by atoms with Crippen LogP contribution >= 0.6 is 0 Å². The molecule has 1 aliphatic heterocycles. The third kappa shape index (κ3) is 3.87. The van der Waals surface area contributed by atoms with Crippen LogP contribution in [0, 0.1) is 0 Å². The van der Waals surface area contributed by atoms with Gasteiger partial charge in [-0.3, -0.25) is 4.68 Å². The average molecular weight is 306 g/mol. The SMILES string of the molecule is CN1CCCC1CNc1cn(C)nc1OC(=O)C(F)(F)F. The molecule has 0 spiro atoms. The van der Waals surface area contributed by atoms with Crippen molar-refractivity contribution in [3.05, 3.63) is 6.20 Å². The van der Waals surface area contributed by atoms with Gasteiger partial charge in [-0.1, -0.05) is 0 Å². The third-order valence-electron chi connectivity index (χ3n) is 3.42. The highest BCUT2D eigenvalue weighted by molar-refractivity contribution is 5.79. The molecule has 9 heteroatoms. The number of nitrogens with one attached hydrogen (secondary N) is 1. The molecule has 1 atom stereocenters. The number of nitrogens with zero attached hydrogens (tertiary/aromatic N) is 3. The summed E-state index contributed by atoms with van der Waals surface area (Å²) in [5, 5.41) is 6.72. The number of hydrogen-bond acceptors (Lipinski definition) is 5. The number of carbonyl (C=O) groups excluding carboxylic acids is 1. The highest BCUT2D eigenvalue weighted by atomic mass is 19.4. The number of hydrogen-bond donors (Lipinski definition) is 1. The lowest BCUT2D eigenvalue weighted by Crippen LogP contribution is -2.32. The van der Waals surface area contributed by atoms with Gasteiger partial charge in [-0.15, -0.1) is 5.10 Å². The molecule has 118 valence electrons. The van der Waals surface area contributed by atoms with Crippen LogP contribution in [0.1, 0.15) is 12.8 Å². The summed E-state index contributed by atoms with van der Waals surface area (Å²) in [6.45, 7) is 1.55. The van der Waals surface area contributed by atoms with E-state index in [-0.39, 0.29) is 11.6 Å². The van der Waals surface area contributed by atoms with Gasteiger partial charge in [0.15, 0.2) is 0 Å². The number of likely N-dealkylation sites (N-methyl/N-ethyl adjacent to an activating group) is 1. The molecule has 1 fully saturated rings. The Kier molecular flexibility index (Phi) is 4.40. The molecule has 1 unspecified atom stereocenters. The smallest absolute Gasteiger partial charge is 0.397 e. The van der Waals surface area contributed by atoms with E-state index in [2.05, 4.69) is 20.1 Å². The van der Waals surface area contributed by atoms with Crippen molar-refractivity contribution in [2.75, 3.05) is 25.5 Å². The predicted molar refractivity (Wildman–Crippen MR) is 69.0 cm³/mol. The van der Waals surface area contributed by atoms with E-state index in [0.29, 0.717) is 12.6 Å². The first kappa shape index (κ1) is 15.6. The zero-order chi connectivity index (χ0) is 15.6. The number of aromatic nitrogens is 2. The van der Waals surface area contributed by atoms with E-state index < -0.39 is 12.1 Å². The molecule has 1 aliphatic rings. The van der Waals surface area contributed by atoms with Crippen molar-refractivity contribution in [1.29, 1.82) is 0 Å². The van der Waals surface area contributed by atoms with Gasteiger partial charge in [0.1, 0.15) is 5.69 Å². The molecule has 1 aromatic rings. The second kappa shape index (κ2) is 5.92. The number of likely N-dealkylation sites (tertiary alicyclic amines) is 1. The summed E-state index contributed by atoms with van der Waals surface area (Å²) in [4.78, 5) is 13.0. The Morgan fingerprint density at radius 2 is 2.24 bits per heavy atom. The molecule has 0 amide bonds. The maximum absolute atomic E-state index is 12.2. The van der Waals surface area contributed by atoms with Gasteiger partial charge in [0.2, 0.25) is 0 Å². The van der Waals surface area contributed by atoms with Gasteiger partial charge in [-0.2, -0.15) is 13.2 Å². The molecule has 1 aromatic heterocycles. The lowest BCUT2D eigenvalue weighted by Gasteiger charge is -2.19. The van der Waals surface area contributed by atoms with E-state index in [9.17, 15) is 18.0 Å². The maximum atomic E-state index is 12.2. The minimum Gasteiger partial charge on any atom is -0.397 e. The van der Waals surface area contributed by atoms with Gasteiger partial charge in [-0.05, 0) is 26.4 Å². The van der Waals surface area contributed by atoms with Crippen LogP contribution in [0.15, 0.2) is 6.20 Å². The van der Waals surface area contributed by atoms with Gasteiger partial charge < -0.3 is 15.0 Å². The number of alkyl halides is 3. The monoisotopic (exact) mass is 306 g/mol. The highest BCUT2D eigenvalue weighted by Crippen LogP contribution is 2.26. The van der Waals surface area contributed by atoms with Crippen LogP contribution < -0.4 is 10.1 Å². The van der Waals surface area contributed by atoms with Crippen LogP contribution in [-0.4, -0.2) is 53.0 Å². The largest absolute Gasteiger partial charge is 0.491 e. The van der Waals surface area contributed by atoms with Gasteiger partial charge in [-0.25, -0.2) is 4.79 Å². The zero-order valence-electron chi connectivity index (χ0n) is 11.8. The molecule has 21 heavy (non-hydrogen) atoms. The zero-order valence-corrected chi connectivity index (χ0v) is 11.8. The predicted octanol–water partition coefficient (Wildman–Crippen LogP) is 1.39.